The van der Waals surface area contributed by atoms with E-state index in [0.717, 1.165) is 17.0 Å². The van der Waals surface area contributed by atoms with Crippen LogP contribution in [0.25, 0.3) is 6.08 Å². The van der Waals surface area contributed by atoms with E-state index >= 15 is 0 Å². The highest BCUT2D eigenvalue weighted by Crippen LogP contribution is 2.28. The van der Waals surface area contributed by atoms with Gasteiger partial charge in [-0.3, -0.25) is 14.7 Å². The molecule has 22 heavy (non-hydrogen) atoms. The summed E-state index contributed by atoms with van der Waals surface area (Å²) in [4.78, 5) is 22.9. The van der Waals surface area contributed by atoms with Gasteiger partial charge < -0.3 is 0 Å². The number of anilines is 1. The molecule has 1 aliphatic rings. The zero-order valence-corrected chi connectivity index (χ0v) is 13.0. The van der Waals surface area contributed by atoms with Crippen LogP contribution in [0, 0.1) is 0 Å². The molecule has 5 heteroatoms. The van der Waals surface area contributed by atoms with Gasteiger partial charge in [-0.25, -0.2) is 4.99 Å². The largest absolute Gasteiger partial charge is 0.283 e. The lowest BCUT2D eigenvalue weighted by molar-refractivity contribution is -0.113. The lowest BCUT2D eigenvalue weighted by atomic mass is 10.2. The Morgan fingerprint density at radius 3 is 2.68 bits per heavy atom. The van der Waals surface area contributed by atoms with Gasteiger partial charge >= 0.3 is 0 Å². The summed E-state index contributed by atoms with van der Waals surface area (Å²) in [5.41, 5.74) is 2.14. The molecule has 0 spiro atoms. The van der Waals surface area contributed by atoms with Gasteiger partial charge in [0.2, 0.25) is 0 Å². The molecule has 0 unspecified atom stereocenters. The minimum absolute atomic E-state index is 0.106. The van der Waals surface area contributed by atoms with Crippen LogP contribution in [-0.2, 0) is 4.79 Å². The molecule has 0 radical (unpaired) electrons. The van der Waals surface area contributed by atoms with E-state index in [1.807, 2.05) is 49.4 Å². The Morgan fingerprint density at radius 2 is 2.00 bits per heavy atom. The van der Waals surface area contributed by atoms with Crippen LogP contribution in [0.1, 0.15) is 12.5 Å². The number of hydrogen-bond acceptors (Lipinski definition) is 4. The second kappa shape index (κ2) is 6.58. The number of rotatable bonds is 3. The number of benzene rings is 1. The standard InChI is InChI=1S/C17H15N3OS/c1-2-22-17-19-15(11-13-7-6-10-18-12-13)16(21)20(17)14-8-4-3-5-9-14/h3-12H,2H2,1H3. The number of aliphatic imine (C=N–C) groups is 1. The number of hydrogen-bond donors (Lipinski definition) is 0. The molecular formula is C17H15N3OS. The van der Waals surface area contributed by atoms with Gasteiger partial charge in [0.25, 0.3) is 5.91 Å². The van der Waals surface area contributed by atoms with Crippen molar-refractivity contribution in [3.05, 3.63) is 66.1 Å². The van der Waals surface area contributed by atoms with E-state index in [4.69, 9.17) is 0 Å². The highest BCUT2D eigenvalue weighted by molar-refractivity contribution is 8.14. The quantitative estimate of drug-likeness (QED) is 0.814. The summed E-state index contributed by atoms with van der Waals surface area (Å²) in [5.74, 6) is 0.751. The van der Waals surface area contributed by atoms with Crippen molar-refractivity contribution in [2.75, 3.05) is 10.7 Å². The van der Waals surface area contributed by atoms with E-state index in [1.54, 1.807) is 35.1 Å². The van der Waals surface area contributed by atoms with Gasteiger partial charge in [0.15, 0.2) is 5.17 Å². The maximum absolute atomic E-state index is 12.7. The molecule has 0 atom stereocenters. The maximum Gasteiger partial charge on any atom is 0.283 e. The molecular weight excluding hydrogens is 294 g/mol. The van der Waals surface area contributed by atoms with Crippen molar-refractivity contribution in [2.24, 2.45) is 4.99 Å². The molecule has 1 amide bonds. The van der Waals surface area contributed by atoms with Gasteiger partial charge in [-0.15, -0.1) is 0 Å². The zero-order valence-electron chi connectivity index (χ0n) is 12.1. The lowest BCUT2D eigenvalue weighted by Crippen LogP contribution is -2.30. The van der Waals surface area contributed by atoms with Crippen LogP contribution in [0.3, 0.4) is 0 Å². The van der Waals surface area contributed by atoms with Gasteiger partial charge in [0, 0.05) is 12.4 Å². The van der Waals surface area contributed by atoms with Crippen molar-refractivity contribution >= 4 is 34.6 Å². The SMILES string of the molecule is CCSC1=NC(=Cc2cccnc2)C(=O)N1c1ccccc1. The van der Waals surface area contributed by atoms with E-state index in [1.165, 1.54) is 0 Å². The van der Waals surface area contributed by atoms with Crippen molar-refractivity contribution in [1.29, 1.82) is 0 Å². The minimum Gasteiger partial charge on any atom is -0.266 e. The fourth-order valence-corrected chi connectivity index (χ4v) is 2.88. The highest BCUT2D eigenvalue weighted by atomic mass is 32.2. The first-order valence-electron chi connectivity index (χ1n) is 7.02. The topological polar surface area (TPSA) is 45.6 Å². The molecule has 4 nitrogen and oxygen atoms in total. The lowest BCUT2D eigenvalue weighted by Gasteiger charge is -2.17. The van der Waals surface area contributed by atoms with Crippen LogP contribution in [0.4, 0.5) is 5.69 Å². The highest BCUT2D eigenvalue weighted by Gasteiger charge is 2.31. The number of pyridine rings is 1. The number of carbonyl (C=O) groups is 1. The second-order valence-electron chi connectivity index (χ2n) is 4.62. The number of carbonyl (C=O) groups excluding carboxylic acids is 1. The van der Waals surface area contributed by atoms with E-state index in [-0.39, 0.29) is 5.91 Å². The summed E-state index contributed by atoms with van der Waals surface area (Å²) >= 11 is 1.56. The fraction of sp³-hybridized carbons (Fsp3) is 0.118. The van der Waals surface area contributed by atoms with Gasteiger partial charge in [0.05, 0.1) is 5.69 Å². The smallest absolute Gasteiger partial charge is 0.266 e. The van der Waals surface area contributed by atoms with Crippen molar-refractivity contribution in [3.63, 3.8) is 0 Å². The molecule has 0 aliphatic carbocycles. The Hall–Kier alpha value is -2.40. The normalized spacial score (nSPS) is 16.2. The van der Waals surface area contributed by atoms with Gasteiger partial charge in [-0.05, 0) is 35.6 Å². The molecule has 0 saturated carbocycles. The van der Waals surface area contributed by atoms with Crippen molar-refractivity contribution in [1.82, 2.24) is 4.98 Å². The summed E-state index contributed by atoms with van der Waals surface area (Å²) in [6.07, 6.45) is 5.19. The number of amidine groups is 1. The number of aromatic nitrogens is 1. The van der Waals surface area contributed by atoms with Gasteiger partial charge in [-0.1, -0.05) is 43.0 Å². The van der Waals surface area contributed by atoms with Gasteiger partial charge in [0.1, 0.15) is 5.70 Å². The van der Waals surface area contributed by atoms with Crippen LogP contribution in [0.15, 0.2) is 65.5 Å². The van der Waals surface area contributed by atoms with Crippen LogP contribution in [0.2, 0.25) is 0 Å². The van der Waals surface area contributed by atoms with Crippen LogP contribution in [0.5, 0.6) is 0 Å². The predicted octanol–water partition coefficient (Wildman–Crippen LogP) is 3.58. The zero-order chi connectivity index (χ0) is 15.4. The van der Waals surface area contributed by atoms with Crippen LogP contribution in [-0.4, -0.2) is 21.8 Å². The average molecular weight is 309 g/mol. The van der Waals surface area contributed by atoms with Crippen LogP contribution < -0.4 is 4.90 Å². The van der Waals surface area contributed by atoms with E-state index < -0.39 is 0 Å². The Balaban J connectivity index is 1.98. The summed E-state index contributed by atoms with van der Waals surface area (Å²) in [7, 11) is 0. The Bertz CT molecular complexity index is 726. The second-order valence-corrected chi connectivity index (χ2v) is 5.85. The molecule has 1 aromatic carbocycles. The van der Waals surface area contributed by atoms with E-state index in [2.05, 4.69) is 9.98 Å². The Labute approximate surface area is 133 Å². The number of nitrogens with zero attached hydrogens (tertiary/aromatic N) is 3. The molecule has 0 N–H and O–H groups in total. The number of para-hydroxylation sites is 1. The summed E-state index contributed by atoms with van der Waals surface area (Å²) in [6.45, 7) is 2.05. The summed E-state index contributed by atoms with van der Waals surface area (Å²) in [6, 6.07) is 13.3. The summed E-state index contributed by atoms with van der Waals surface area (Å²) < 4.78 is 0. The van der Waals surface area contributed by atoms with E-state index in [9.17, 15) is 4.79 Å². The Kier molecular flexibility index (Phi) is 4.34. The third kappa shape index (κ3) is 2.94. The minimum atomic E-state index is -0.106. The van der Waals surface area contributed by atoms with Crippen LogP contribution >= 0.6 is 11.8 Å². The molecule has 0 fully saturated rings. The molecule has 110 valence electrons. The molecule has 1 aromatic heterocycles. The first-order valence-corrected chi connectivity index (χ1v) is 8.01. The third-order valence-corrected chi connectivity index (χ3v) is 3.93. The molecule has 1 aliphatic heterocycles. The van der Waals surface area contributed by atoms with Crippen molar-refractivity contribution < 1.29 is 4.79 Å². The number of amides is 1. The van der Waals surface area contributed by atoms with Crippen molar-refractivity contribution in [2.45, 2.75) is 6.92 Å². The first-order chi connectivity index (χ1) is 10.8. The Morgan fingerprint density at radius 1 is 1.18 bits per heavy atom. The monoisotopic (exact) mass is 309 g/mol. The molecule has 0 bridgehead atoms. The first kappa shape index (κ1) is 14.5. The van der Waals surface area contributed by atoms with E-state index in [0.29, 0.717) is 10.9 Å². The van der Waals surface area contributed by atoms with Crippen molar-refractivity contribution in [3.8, 4) is 0 Å². The molecule has 2 aromatic rings. The fourth-order valence-electron chi connectivity index (χ4n) is 2.15. The average Bonchev–Trinajstić information content (AvgIpc) is 2.85. The van der Waals surface area contributed by atoms with Gasteiger partial charge in [-0.2, -0.15) is 0 Å². The maximum atomic E-state index is 12.7. The molecule has 3 rings (SSSR count). The summed E-state index contributed by atoms with van der Waals surface area (Å²) in [5, 5.41) is 0.717. The molecule has 2 heterocycles. The third-order valence-electron chi connectivity index (χ3n) is 3.11. The molecule has 0 saturated heterocycles. The predicted molar refractivity (Wildman–Crippen MR) is 91.7 cm³/mol. The number of thioether (sulfide) groups is 1.